The molecule has 2 amide bonds. The molecule has 0 aliphatic carbocycles. The topological polar surface area (TPSA) is 58.6 Å². The normalized spacial score (nSPS) is 16.4. The van der Waals surface area contributed by atoms with Gasteiger partial charge >= 0.3 is 12.0 Å². The molecule has 0 aromatic rings. The number of carbonyl (C=O) groups is 2. The molecule has 0 unspecified atom stereocenters. The molecule has 0 atom stereocenters. The maximum absolute atomic E-state index is 11.7. The smallest absolute Gasteiger partial charge is 0.325 e. The predicted octanol–water partition coefficient (Wildman–Crippen LogP) is 0.698. The Balaban J connectivity index is 2.25. The molecule has 1 fully saturated rings. The van der Waals surface area contributed by atoms with Crippen LogP contribution in [0.3, 0.4) is 0 Å². The van der Waals surface area contributed by atoms with Crippen molar-refractivity contribution in [3.63, 3.8) is 0 Å². The lowest BCUT2D eigenvalue weighted by Crippen LogP contribution is -2.43. The number of hydrogen-bond donors (Lipinski definition) is 1. The van der Waals surface area contributed by atoms with Gasteiger partial charge in [-0.15, -0.1) is 0 Å². The van der Waals surface area contributed by atoms with E-state index < -0.39 is 0 Å². The van der Waals surface area contributed by atoms with Crippen LogP contribution in [0.25, 0.3) is 0 Å². The minimum absolute atomic E-state index is 0.0453. The van der Waals surface area contributed by atoms with Crippen LogP contribution in [0.2, 0.25) is 0 Å². The molecule has 0 bridgehead atoms. The summed E-state index contributed by atoms with van der Waals surface area (Å²) in [7, 11) is 0. The molecule has 0 spiro atoms. The first-order valence-electron chi connectivity index (χ1n) is 5.50. The van der Waals surface area contributed by atoms with Crippen molar-refractivity contribution < 1.29 is 14.3 Å². The number of esters is 1. The molecule has 1 aliphatic rings. The Morgan fingerprint density at radius 1 is 1.38 bits per heavy atom. The zero-order valence-electron chi connectivity index (χ0n) is 9.53. The summed E-state index contributed by atoms with van der Waals surface area (Å²) in [6, 6.07) is -0.171. The Hall–Kier alpha value is -0.910. The zero-order valence-corrected chi connectivity index (χ0v) is 10.3. The molecule has 92 valence electrons. The third-order valence-electron chi connectivity index (χ3n) is 2.20. The highest BCUT2D eigenvalue weighted by molar-refractivity contribution is 7.99. The maximum Gasteiger partial charge on any atom is 0.325 e. The summed E-state index contributed by atoms with van der Waals surface area (Å²) in [5.41, 5.74) is 0. The second kappa shape index (κ2) is 7.38. The highest BCUT2D eigenvalue weighted by Gasteiger charge is 2.16. The lowest BCUT2D eigenvalue weighted by molar-refractivity contribution is -0.141. The van der Waals surface area contributed by atoms with Crippen LogP contribution < -0.4 is 5.32 Å². The number of nitrogens with one attached hydrogen (secondary N) is 1. The zero-order chi connectivity index (χ0) is 11.8. The van der Waals surface area contributed by atoms with Crippen LogP contribution in [0.4, 0.5) is 4.79 Å². The molecule has 1 aliphatic heterocycles. The fourth-order valence-corrected chi connectivity index (χ4v) is 2.31. The predicted molar refractivity (Wildman–Crippen MR) is 63.5 cm³/mol. The Labute approximate surface area is 99.9 Å². The molecular weight excluding hydrogens is 228 g/mol. The molecular formula is C10H18N2O3S. The van der Waals surface area contributed by atoms with Gasteiger partial charge in [-0.25, -0.2) is 4.79 Å². The van der Waals surface area contributed by atoms with E-state index in [-0.39, 0.29) is 18.5 Å². The minimum atomic E-state index is -0.389. The fourth-order valence-electron chi connectivity index (χ4n) is 1.42. The fraction of sp³-hybridized carbons (Fsp3) is 0.800. The summed E-state index contributed by atoms with van der Waals surface area (Å²) >= 11 is 1.86. The van der Waals surface area contributed by atoms with Crippen molar-refractivity contribution in [3.8, 4) is 0 Å². The SMILES string of the molecule is CCOC(=O)CNC(=O)N1CCCSCC1. The third-order valence-corrected chi connectivity index (χ3v) is 3.25. The Bertz CT molecular complexity index is 240. The molecule has 6 heteroatoms. The number of rotatable bonds is 3. The van der Waals surface area contributed by atoms with E-state index in [4.69, 9.17) is 4.74 Å². The Morgan fingerprint density at radius 2 is 2.19 bits per heavy atom. The summed E-state index contributed by atoms with van der Waals surface area (Å²) in [5.74, 6) is 1.68. The molecule has 1 heterocycles. The van der Waals surface area contributed by atoms with Gasteiger partial charge in [0, 0.05) is 18.8 Å². The van der Waals surface area contributed by atoms with Gasteiger partial charge in [0.2, 0.25) is 0 Å². The molecule has 5 nitrogen and oxygen atoms in total. The monoisotopic (exact) mass is 246 g/mol. The second-order valence-corrected chi connectivity index (χ2v) is 4.64. The number of nitrogens with zero attached hydrogens (tertiary/aromatic N) is 1. The van der Waals surface area contributed by atoms with Gasteiger partial charge in [0.25, 0.3) is 0 Å². The molecule has 0 saturated carbocycles. The van der Waals surface area contributed by atoms with E-state index in [9.17, 15) is 9.59 Å². The van der Waals surface area contributed by atoms with E-state index in [1.54, 1.807) is 11.8 Å². The van der Waals surface area contributed by atoms with Gasteiger partial charge in [0.15, 0.2) is 0 Å². The van der Waals surface area contributed by atoms with Gasteiger partial charge in [-0.05, 0) is 19.1 Å². The second-order valence-electron chi connectivity index (χ2n) is 3.42. The summed E-state index contributed by atoms with van der Waals surface area (Å²) in [6.07, 6.45) is 1.01. The highest BCUT2D eigenvalue weighted by Crippen LogP contribution is 2.09. The molecule has 1 N–H and O–H groups in total. The summed E-state index contributed by atoms with van der Waals surface area (Å²) < 4.78 is 4.73. The lowest BCUT2D eigenvalue weighted by atomic mass is 10.4. The maximum atomic E-state index is 11.7. The number of amides is 2. The van der Waals surface area contributed by atoms with Crippen LogP contribution in [-0.4, -0.2) is 54.6 Å². The van der Waals surface area contributed by atoms with Gasteiger partial charge in [0.1, 0.15) is 6.54 Å². The van der Waals surface area contributed by atoms with Gasteiger partial charge in [-0.3, -0.25) is 4.79 Å². The van der Waals surface area contributed by atoms with E-state index in [0.29, 0.717) is 6.61 Å². The van der Waals surface area contributed by atoms with Crippen molar-refractivity contribution in [1.29, 1.82) is 0 Å². The van der Waals surface area contributed by atoms with Gasteiger partial charge < -0.3 is 15.0 Å². The Morgan fingerprint density at radius 3 is 2.94 bits per heavy atom. The average molecular weight is 246 g/mol. The highest BCUT2D eigenvalue weighted by atomic mass is 32.2. The van der Waals surface area contributed by atoms with Crippen LogP contribution in [0.15, 0.2) is 0 Å². The largest absolute Gasteiger partial charge is 0.465 e. The molecule has 1 rings (SSSR count). The standard InChI is InChI=1S/C10H18N2O3S/c1-2-15-9(13)8-11-10(14)12-4-3-6-16-7-5-12/h2-8H2,1H3,(H,11,14). The van der Waals surface area contributed by atoms with Crippen LogP contribution in [0, 0.1) is 0 Å². The number of urea groups is 1. The molecule has 0 aromatic heterocycles. The summed E-state index contributed by atoms with van der Waals surface area (Å²) in [5, 5.41) is 2.57. The first kappa shape index (κ1) is 13.2. The van der Waals surface area contributed by atoms with Crippen molar-refractivity contribution in [1.82, 2.24) is 10.2 Å². The Kier molecular flexibility index (Phi) is 6.07. The lowest BCUT2D eigenvalue weighted by Gasteiger charge is -2.20. The summed E-state index contributed by atoms with van der Waals surface area (Å²) in [6.45, 7) is 3.55. The van der Waals surface area contributed by atoms with Crippen molar-refractivity contribution >= 4 is 23.8 Å². The van der Waals surface area contributed by atoms with Crippen molar-refractivity contribution in [2.45, 2.75) is 13.3 Å². The number of ether oxygens (including phenoxy) is 1. The van der Waals surface area contributed by atoms with Crippen molar-refractivity contribution in [3.05, 3.63) is 0 Å². The van der Waals surface area contributed by atoms with Crippen LogP contribution in [-0.2, 0) is 9.53 Å². The van der Waals surface area contributed by atoms with Gasteiger partial charge in [0.05, 0.1) is 6.61 Å². The van der Waals surface area contributed by atoms with Crippen LogP contribution >= 0.6 is 11.8 Å². The number of carbonyl (C=O) groups excluding carboxylic acids is 2. The third kappa shape index (κ3) is 4.74. The van der Waals surface area contributed by atoms with Crippen molar-refractivity contribution in [2.24, 2.45) is 0 Å². The molecule has 16 heavy (non-hydrogen) atoms. The van der Waals surface area contributed by atoms with Crippen LogP contribution in [0.5, 0.6) is 0 Å². The first-order chi connectivity index (χ1) is 7.74. The van der Waals surface area contributed by atoms with Gasteiger partial charge in [-0.1, -0.05) is 0 Å². The first-order valence-corrected chi connectivity index (χ1v) is 6.65. The van der Waals surface area contributed by atoms with Crippen molar-refractivity contribution in [2.75, 3.05) is 37.7 Å². The average Bonchev–Trinajstić information content (AvgIpc) is 2.55. The molecule has 0 radical (unpaired) electrons. The van der Waals surface area contributed by atoms with E-state index in [0.717, 1.165) is 31.0 Å². The summed E-state index contributed by atoms with van der Waals surface area (Å²) in [4.78, 5) is 24.4. The van der Waals surface area contributed by atoms with E-state index in [2.05, 4.69) is 5.32 Å². The van der Waals surface area contributed by atoms with E-state index in [1.165, 1.54) is 0 Å². The quantitative estimate of drug-likeness (QED) is 0.745. The number of hydrogen-bond acceptors (Lipinski definition) is 4. The number of thioether (sulfide) groups is 1. The van der Waals surface area contributed by atoms with E-state index >= 15 is 0 Å². The van der Waals surface area contributed by atoms with E-state index in [1.807, 2.05) is 11.8 Å². The minimum Gasteiger partial charge on any atom is -0.465 e. The molecule has 1 saturated heterocycles. The van der Waals surface area contributed by atoms with Crippen LogP contribution in [0.1, 0.15) is 13.3 Å². The molecule has 0 aromatic carbocycles. The van der Waals surface area contributed by atoms with Gasteiger partial charge in [-0.2, -0.15) is 11.8 Å².